The number of halogens is 1. The van der Waals surface area contributed by atoms with Crippen molar-refractivity contribution in [3.05, 3.63) is 58.7 Å². The first-order valence-corrected chi connectivity index (χ1v) is 10.2. The molecule has 148 valence electrons. The first-order valence-electron chi connectivity index (χ1n) is 9.82. The number of carbonyl (C=O) groups is 1. The molecule has 0 bridgehead atoms. The van der Waals surface area contributed by atoms with Gasteiger partial charge in [-0.1, -0.05) is 23.7 Å². The van der Waals surface area contributed by atoms with Gasteiger partial charge in [-0.2, -0.15) is 0 Å². The maximum Gasteiger partial charge on any atom is 0.257 e. The Morgan fingerprint density at radius 2 is 1.86 bits per heavy atom. The Labute approximate surface area is 170 Å². The second-order valence-corrected chi connectivity index (χ2v) is 8.00. The van der Waals surface area contributed by atoms with Gasteiger partial charge in [-0.05, 0) is 36.2 Å². The van der Waals surface area contributed by atoms with Crippen LogP contribution in [0.1, 0.15) is 22.3 Å². The lowest BCUT2D eigenvalue weighted by molar-refractivity contribution is 0.0791. The molecule has 1 aromatic carbocycles. The van der Waals surface area contributed by atoms with E-state index in [0.29, 0.717) is 12.1 Å². The average molecular weight is 400 g/mol. The van der Waals surface area contributed by atoms with Crippen LogP contribution in [-0.2, 0) is 6.54 Å². The number of hydrogen-bond acceptors (Lipinski definition) is 5. The van der Waals surface area contributed by atoms with Crippen molar-refractivity contribution in [2.24, 2.45) is 5.73 Å². The maximum absolute atomic E-state index is 13.0. The van der Waals surface area contributed by atoms with Crippen molar-refractivity contribution in [1.29, 1.82) is 0 Å². The molecule has 2 saturated heterocycles. The molecule has 2 aliphatic rings. The van der Waals surface area contributed by atoms with Crippen molar-refractivity contribution in [1.82, 2.24) is 14.8 Å². The minimum absolute atomic E-state index is 0.0413. The molecule has 2 N–H and O–H groups in total. The normalized spacial score (nSPS) is 20.6. The molecule has 2 aliphatic heterocycles. The van der Waals surface area contributed by atoms with Crippen LogP contribution < -0.4 is 10.6 Å². The molecule has 28 heavy (non-hydrogen) atoms. The highest BCUT2D eigenvalue weighted by Crippen LogP contribution is 2.23. The summed E-state index contributed by atoms with van der Waals surface area (Å²) in [7, 11) is 0. The van der Waals surface area contributed by atoms with Crippen molar-refractivity contribution in [3.63, 3.8) is 0 Å². The standard InChI is InChI=1S/C21H26ClN5O/c22-17-5-3-16(4-6-17)14-25-10-12-26(13-11-25)20-19(2-1-8-24-20)21(28)27-9-7-18(23)15-27/h1-6,8,18H,7,9-15,23H2. The first kappa shape index (κ1) is 19.2. The highest BCUT2D eigenvalue weighted by Gasteiger charge is 2.28. The Hall–Kier alpha value is -2.15. The van der Waals surface area contributed by atoms with E-state index in [1.165, 1.54) is 5.56 Å². The van der Waals surface area contributed by atoms with Crippen LogP contribution in [0.25, 0.3) is 0 Å². The molecule has 1 amide bonds. The molecular weight excluding hydrogens is 374 g/mol. The number of rotatable bonds is 4. The Morgan fingerprint density at radius 3 is 2.54 bits per heavy atom. The fraction of sp³-hybridized carbons (Fsp3) is 0.429. The Bertz CT molecular complexity index is 820. The maximum atomic E-state index is 13.0. The van der Waals surface area contributed by atoms with Gasteiger partial charge in [0.2, 0.25) is 0 Å². The van der Waals surface area contributed by atoms with E-state index in [2.05, 4.69) is 26.9 Å². The number of anilines is 1. The summed E-state index contributed by atoms with van der Waals surface area (Å²) in [6, 6.07) is 11.8. The summed E-state index contributed by atoms with van der Waals surface area (Å²) in [6.45, 7) is 5.83. The summed E-state index contributed by atoms with van der Waals surface area (Å²) in [6.07, 6.45) is 2.63. The minimum Gasteiger partial charge on any atom is -0.353 e. The molecule has 4 rings (SSSR count). The number of benzene rings is 1. The van der Waals surface area contributed by atoms with Gasteiger partial charge in [0.05, 0.1) is 5.56 Å². The zero-order chi connectivity index (χ0) is 19.5. The number of amides is 1. The van der Waals surface area contributed by atoms with E-state index >= 15 is 0 Å². The third-order valence-corrected chi connectivity index (χ3v) is 5.77. The van der Waals surface area contributed by atoms with Crippen molar-refractivity contribution in [2.75, 3.05) is 44.2 Å². The molecule has 3 heterocycles. The van der Waals surface area contributed by atoms with Crippen LogP contribution in [0.2, 0.25) is 5.02 Å². The quantitative estimate of drug-likeness (QED) is 0.854. The second kappa shape index (κ2) is 8.47. The minimum atomic E-state index is 0.0413. The van der Waals surface area contributed by atoms with Crippen LogP contribution >= 0.6 is 11.6 Å². The number of hydrogen-bond donors (Lipinski definition) is 1. The summed E-state index contributed by atoms with van der Waals surface area (Å²) < 4.78 is 0. The zero-order valence-corrected chi connectivity index (χ0v) is 16.7. The molecule has 1 unspecified atom stereocenters. The van der Waals surface area contributed by atoms with E-state index in [-0.39, 0.29) is 11.9 Å². The van der Waals surface area contributed by atoms with Crippen molar-refractivity contribution >= 4 is 23.3 Å². The van der Waals surface area contributed by atoms with Crippen LogP contribution in [-0.4, -0.2) is 66.0 Å². The van der Waals surface area contributed by atoms with Gasteiger partial charge < -0.3 is 15.5 Å². The fourth-order valence-corrected chi connectivity index (χ4v) is 4.05. The Balaban J connectivity index is 1.40. The number of nitrogens with two attached hydrogens (primary N) is 1. The fourth-order valence-electron chi connectivity index (χ4n) is 3.92. The Morgan fingerprint density at radius 1 is 1.11 bits per heavy atom. The number of pyridine rings is 1. The lowest BCUT2D eigenvalue weighted by Crippen LogP contribution is -2.47. The van der Waals surface area contributed by atoms with Crippen LogP contribution in [0.5, 0.6) is 0 Å². The molecule has 0 aliphatic carbocycles. The average Bonchev–Trinajstić information content (AvgIpc) is 3.16. The molecule has 6 nitrogen and oxygen atoms in total. The summed E-state index contributed by atoms with van der Waals surface area (Å²) >= 11 is 5.97. The molecule has 0 saturated carbocycles. The van der Waals surface area contributed by atoms with E-state index in [4.69, 9.17) is 17.3 Å². The van der Waals surface area contributed by atoms with Crippen LogP contribution in [0, 0.1) is 0 Å². The molecule has 2 fully saturated rings. The van der Waals surface area contributed by atoms with Crippen molar-refractivity contribution < 1.29 is 4.79 Å². The number of piperazine rings is 1. The van der Waals surface area contributed by atoms with Gasteiger partial charge in [-0.3, -0.25) is 9.69 Å². The monoisotopic (exact) mass is 399 g/mol. The van der Waals surface area contributed by atoms with Gasteiger partial charge in [0.1, 0.15) is 5.82 Å². The van der Waals surface area contributed by atoms with Crippen LogP contribution in [0.3, 0.4) is 0 Å². The van der Waals surface area contributed by atoms with Crippen molar-refractivity contribution in [3.8, 4) is 0 Å². The number of nitrogens with zero attached hydrogens (tertiary/aromatic N) is 4. The molecule has 7 heteroatoms. The molecule has 2 aromatic rings. The van der Waals surface area contributed by atoms with Crippen LogP contribution in [0.4, 0.5) is 5.82 Å². The molecular formula is C21H26ClN5O. The number of likely N-dealkylation sites (tertiary alicyclic amines) is 1. The lowest BCUT2D eigenvalue weighted by Gasteiger charge is -2.36. The topological polar surface area (TPSA) is 65.7 Å². The second-order valence-electron chi connectivity index (χ2n) is 7.56. The largest absolute Gasteiger partial charge is 0.353 e. The molecule has 0 spiro atoms. The summed E-state index contributed by atoms with van der Waals surface area (Å²) in [4.78, 5) is 24.0. The van der Waals surface area contributed by atoms with Gasteiger partial charge in [0.15, 0.2) is 0 Å². The van der Waals surface area contributed by atoms with Crippen molar-refractivity contribution in [2.45, 2.75) is 19.0 Å². The van der Waals surface area contributed by atoms with E-state index in [1.54, 1.807) is 6.20 Å². The molecule has 0 radical (unpaired) electrons. The molecule has 1 aromatic heterocycles. The van der Waals surface area contributed by atoms with E-state index in [9.17, 15) is 4.79 Å². The third-order valence-electron chi connectivity index (χ3n) is 5.52. The smallest absolute Gasteiger partial charge is 0.257 e. The van der Waals surface area contributed by atoms with Gasteiger partial charge >= 0.3 is 0 Å². The summed E-state index contributed by atoms with van der Waals surface area (Å²) in [5.74, 6) is 0.832. The van der Waals surface area contributed by atoms with E-state index in [0.717, 1.165) is 56.5 Å². The highest BCUT2D eigenvalue weighted by molar-refractivity contribution is 6.30. The molecule has 1 atom stereocenters. The zero-order valence-electron chi connectivity index (χ0n) is 15.9. The van der Waals surface area contributed by atoms with Crippen LogP contribution in [0.15, 0.2) is 42.6 Å². The Kier molecular flexibility index (Phi) is 5.80. The van der Waals surface area contributed by atoms with Gasteiger partial charge in [0.25, 0.3) is 5.91 Å². The van der Waals surface area contributed by atoms with E-state index < -0.39 is 0 Å². The number of carbonyl (C=O) groups excluding carboxylic acids is 1. The highest BCUT2D eigenvalue weighted by atomic mass is 35.5. The van der Waals surface area contributed by atoms with Gasteiger partial charge in [-0.15, -0.1) is 0 Å². The van der Waals surface area contributed by atoms with Gasteiger partial charge in [0, 0.05) is 63.1 Å². The van der Waals surface area contributed by atoms with E-state index in [1.807, 2.05) is 29.2 Å². The lowest BCUT2D eigenvalue weighted by atomic mass is 10.1. The predicted molar refractivity (Wildman–Crippen MR) is 112 cm³/mol. The summed E-state index contributed by atoms with van der Waals surface area (Å²) in [5.41, 5.74) is 7.92. The van der Waals surface area contributed by atoms with Gasteiger partial charge in [-0.25, -0.2) is 4.98 Å². The third kappa shape index (κ3) is 4.29. The summed E-state index contributed by atoms with van der Waals surface area (Å²) in [5, 5.41) is 0.764. The number of aromatic nitrogens is 1. The SMILES string of the molecule is NC1CCN(C(=O)c2cccnc2N2CCN(Cc3ccc(Cl)cc3)CC2)C1. The predicted octanol–water partition coefficient (Wildman–Crippen LogP) is 2.23. The first-order chi connectivity index (χ1) is 13.6.